The monoisotopic (exact) mass is 398 g/mol. The number of H-pyrrole nitrogens is 1. The van der Waals surface area contributed by atoms with Gasteiger partial charge in [0.25, 0.3) is 0 Å². The second kappa shape index (κ2) is 6.72. The van der Waals surface area contributed by atoms with Crippen LogP contribution in [-0.4, -0.2) is 51.3 Å². The lowest BCUT2D eigenvalue weighted by Gasteiger charge is -2.48. The molecule has 0 aliphatic carbocycles. The van der Waals surface area contributed by atoms with E-state index in [9.17, 15) is 13.7 Å². The van der Waals surface area contributed by atoms with Gasteiger partial charge in [-0.15, -0.1) is 0 Å². The topological polar surface area (TPSA) is 108 Å². The maximum atomic E-state index is 12.5. The number of nitriles is 1. The van der Waals surface area contributed by atoms with E-state index in [0.717, 1.165) is 22.2 Å². The third kappa shape index (κ3) is 3.08. The largest absolute Gasteiger partial charge is 0.346 e. The Labute approximate surface area is 163 Å². The van der Waals surface area contributed by atoms with Crippen molar-refractivity contribution in [1.29, 1.82) is 5.26 Å². The van der Waals surface area contributed by atoms with E-state index in [0.29, 0.717) is 0 Å². The normalized spacial score (nSPS) is 16.9. The van der Waals surface area contributed by atoms with Crippen LogP contribution >= 0.6 is 0 Å². The molecule has 4 heterocycles. The fourth-order valence-corrected chi connectivity index (χ4v) is 5.68. The van der Waals surface area contributed by atoms with Crippen molar-refractivity contribution in [3.8, 4) is 17.2 Å². The molecule has 1 fully saturated rings. The average Bonchev–Trinajstić information content (AvgIpc) is 3.25. The minimum Gasteiger partial charge on any atom is -0.346 e. The fraction of sp³-hybridized carbons (Fsp3) is 0.421. The van der Waals surface area contributed by atoms with E-state index in [1.54, 1.807) is 17.1 Å². The van der Waals surface area contributed by atoms with Crippen molar-refractivity contribution in [2.45, 2.75) is 25.8 Å². The number of hydrogen-bond donors (Lipinski definition) is 1. The molecule has 9 heteroatoms. The summed E-state index contributed by atoms with van der Waals surface area (Å²) >= 11 is 0. The summed E-state index contributed by atoms with van der Waals surface area (Å²) in [5.74, 6) is 0.172. The highest BCUT2D eigenvalue weighted by atomic mass is 32.2. The Morgan fingerprint density at radius 3 is 2.86 bits per heavy atom. The van der Waals surface area contributed by atoms with Crippen molar-refractivity contribution in [3.05, 3.63) is 36.9 Å². The molecule has 8 nitrogen and oxygen atoms in total. The molecule has 0 saturated carbocycles. The van der Waals surface area contributed by atoms with Gasteiger partial charge in [-0.2, -0.15) is 14.7 Å². The summed E-state index contributed by atoms with van der Waals surface area (Å²) in [5, 5.41) is 14.8. The zero-order chi connectivity index (χ0) is 19.9. The molecule has 1 N–H and O–H groups in total. The standard InChI is InChI=1S/C19H22N6O2S/c1-14(2)11-28(26,27)24-12-19(13-24,5-6-20)25-10-15(9-23-25)16-3-7-21-18-17(16)4-8-22-18/h3-4,7-10,14H,5,11-13H2,1-2H3,(H,21,22). The number of hydrogen-bond acceptors (Lipinski definition) is 5. The highest BCUT2D eigenvalue weighted by Gasteiger charge is 2.50. The van der Waals surface area contributed by atoms with E-state index in [4.69, 9.17) is 0 Å². The highest BCUT2D eigenvalue weighted by Crippen LogP contribution is 2.36. The van der Waals surface area contributed by atoms with Crippen LogP contribution in [0, 0.1) is 17.2 Å². The maximum absolute atomic E-state index is 12.5. The lowest BCUT2D eigenvalue weighted by atomic mass is 9.89. The second-order valence-corrected chi connectivity index (χ2v) is 9.79. The molecule has 0 bridgehead atoms. The first-order chi connectivity index (χ1) is 13.3. The molecule has 0 aromatic carbocycles. The Morgan fingerprint density at radius 1 is 1.36 bits per heavy atom. The summed E-state index contributed by atoms with van der Waals surface area (Å²) in [5.41, 5.74) is 2.08. The Balaban J connectivity index is 1.63. The summed E-state index contributed by atoms with van der Waals surface area (Å²) in [6, 6.07) is 6.09. The Kier molecular flexibility index (Phi) is 4.48. The molecule has 0 spiro atoms. The van der Waals surface area contributed by atoms with Gasteiger partial charge in [0.15, 0.2) is 0 Å². The summed E-state index contributed by atoms with van der Waals surface area (Å²) < 4.78 is 28.2. The highest BCUT2D eigenvalue weighted by molar-refractivity contribution is 7.89. The van der Waals surface area contributed by atoms with Gasteiger partial charge in [0, 0.05) is 42.6 Å². The number of nitrogens with one attached hydrogen (secondary N) is 1. The molecule has 0 amide bonds. The molecule has 0 unspecified atom stereocenters. The summed E-state index contributed by atoms with van der Waals surface area (Å²) in [4.78, 5) is 7.39. The average molecular weight is 398 g/mol. The van der Waals surface area contributed by atoms with Crippen molar-refractivity contribution in [2.24, 2.45) is 5.92 Å². The number of aromatic nitrogens is 4. The molecule has 4 rings (SSSR count). The van der Waals surface area contributed by atoms with Gasteiger partial charge in [0.2, 0.25) is 10.0 Å². The van der Waals surface area contributed by atoms with E-state index >= 15 is 0 Å². The van der Waals surface area contributed by atoms with Crippen LogP contribution in [0.1, 0.15) is 20.3 Å². The Bertz CT molecular complexity index is 1150. The quantitative estimate of drug-likeness (QED) is 0.686. The molecular formula is C19H22N6O2S. The van der Waals surface area contributed by atoms with Crippen molar-refractivity contribution < 1.29 is 8.42 Å². The fourth-order valence-electron chi connectivity index (χ4n) is 3.75. The molecule has 1 aliphatic rings. The molecule has 3 aromatic rings. The van der Waals surface area contributed by atoms with Gasteiger partial charge in [-0.3, -0.25) is 4.68 Å². The molecule has 0 atom stereocenters. The van der Waals surface area contributed by atoms with Crippen LogP contribution in [0.25, 0.3) is 22.2 Å². The first-order valence-corrected chi connectivity index (χ1v) is 10.8. The van der Waals surface area contributed by atoms with Crippen LogP contribution in [0.5, 0.6) is 0 Å². The van der Waals surface area contributed by atoms with Crippen molar-refractivity contribution in [3.63, 3.8) is 0 Å². The first kappa shape index (κ1) is 18.7. The zero-order valence-corrected chi connectivity index (χ0v) is 16.6. The van der Waals surface area contributed by atoms with Crippen molar-refractivity contribution >= 4 is 21.1 Å². The van der Waals surface area contributed by atoms with Gasteiger partial charge in [-0.05, 0) is 23.6 Å². The molecule has 28 heavy (non-hydrogen) atoms. The van der Waals surface area contributed by atoms with E-state index < -0.39 is 15.6 Å². The second-order valence-electron chi connectivity index (χ2n) is 7.77. The zero-order valence-electron chi connectivity index (χ0n) is 15.8. The summed E-state index contributed by atoms with van der Waals surface area (Å²) in [6.07, 6.45) is 7.43. The number of sulfonamides is 1. The Hall–Kier alpha value is -2.70. The molecular weight excluding hydrogens is 376 g/mol. The number of rotatable bonds is 6. The molecule has 1 saturated heterocycles. The Morgan fingerprint density at radius 2 is 2.14 bits per heavy atom. The van der Waals surface area contributed by atoms with Crippen molar-refractivity contribution in [1.82, 2.24) is 24.1 Å². The molecule has 146 valence electrons. The van der Waals surface area contributed by atoms with Crippen LogP contribution in [0.3, 0.4) is 0 Å². The molecule has 3 aromatic heterocycles. The third-order valence-electron chi connectivity index (χ3n) is 5.13. The van der Waals surface area contributed by atoms with E-state index in [1.807, 2.05) is 38.4 Å². The smallest absolute Gasteiger partial charge is 0.214 e. The van der Waals surface area contributed by atoms with Crippen LogP contribution in [-0.2, 0) is 15.6 Å². The minimum atomic E-state index is -3.32. The summed E-state index contributed by atoms with van der Waals surface area (Å²) in [6.45, 7) is 4.31. The number of pyridine rings is 1. The van der Waals surface area contributed by atoms with E-state index in [1.165, 1.54) is 4.31 Å². The van der Waals surface area contributed by atoms with E-state index in [2.05, 4.69) is 21.1 Å². The van der Waals surface area contributed by atoms with Gasteiger partial charge in [0.1, 0.15) is 11.2 Å². The lowest BCUT2D eigenvalue weighted by Crippen LogP contribution is -2.64. The van der Waals surface area contributed by atoms with Gasteiger partial charge in [0.05, 0.1) is 24.4 Å². The van der Waals surface area contributed by atoms with Crippen LogP contribution in [0.2, 0.25) is 0 Å². The first-order valence-electron chi connectivity index (χ1n) is 9.17. The predicted molar refractivity (Wildman–Crippen MR) is 106 cm³/mol. The number of nitrogens with zero attached hydrogens (tertiary/aromatic N) is 5. The SMILES string of the molecule is CC(C)CS(=O)(=O)N1CC(CC#N)(n2cc(-c3ccnc4[nH]ccc34)cn2)C1. The van der Waals surface area contributed by atoms with Crippen molar-refractivity contribution in [2.75, 3.05) is 18.8 Å². The molecule has 1 aliphatic heterocycles. The third-order valence-corrected chi connectivity index (χ3v) is 7.26. The lowest BCUT2D eigenvalue weighted by molar-refractivity contribution is 0.0715. The van der Waals surface area contributed by atoms with E-state index in [-0.39, 0.29) is 31.2 Å². The number of aromatic amines is 1. The van der Waals surface area contributed by atoms with Gasteiger partial charge in [-0.1, -0.05) is 13.8 Å². The van der Waals surface area contributed by atoms with Gasteiger partial charge < -0.3 is 4.98 Å². The summed E-state index contributed by atoms with van der Waals surface area (Å²) in [7, 11) is -3.32. The molecule has 0 radical (unpaired) electrons. The maximum Gasteiger partial charge on any atom is 0.214 e. The number of fused-ring (bicyclic) bond motifs is 1. The van der Waals surface area contributed by atoms with Crippen LogP contribution < -0.4 is 0 Å². The van der Waals surface area contributed by atoms with Gasteiger partial charge in [-0.25, -0.2) is 13.4 Å². The van der Waals surface area contributed by atoms with Crippen LogP contribution in [0.15, 0.2) is 36.9 Å². The van der Waals surface area contributed by atoms with Gasteiger partial charge >= 0.3 is 0 Å². The van der Waals surface area contributed by atoms with Crippen LogP contribution in [0.4, 0.5) is 0 Å². The minimum absolute atomic E-state index is 0.0581. The predicted octanol–water partition coefficient (Wildman–Crippen LogP) is 2.34.